The van der Waals surface area contributed by atoms with Crippen LogP contribution in [0.2, 0.25) is 0 Å². The molecule has 0 amide bonds. The standard InChI is InChI=1S/C21H26FN3O2S/c1-26-19-8-3-16(15-20(19)27-2)9-10-23-21(28)25-13-11-24(12-14-25)18-6-4-17(22)5-7-18/h3-8,15H,9-14H2,1-2H3,(H,23,28). The Morgan fingerprint density at radius 1 is 1.00 bits per heavy atom. The summed E-state index contributed by atoms with van der Waals surface area (Å²) in [5.74, 6) is 1.26. The number of nitrogens with zero attached hydrogens (tertiary/aromatic N) is 2. The Hall–Kier alpha value is -2.54. The van der Waals surface area contributed by atoms with Crippen LogP contribution in [0.5, 0.6) is 11.5 Å². The number of piperazine rings is 1. The van der Waals surface area contributed by atoms with Gasteiger partial charge in [0.05, 0.1) is 14.2 Å². The highest BCUT2D eigenvalue weighted by atomic mass is 32.1. The van der Waals surface area contributed by atoms with E-state index in [1.807, 2.05) is 30.3 Å². The molecule has 0 aliphatic carbocycles. The Morgan fingerprint density at radius 2 is 1.68 bits per heavy atom. The van der Waals surface area contributed by atoms with Crippen molar-refractivity contribution in [3.63, 3.8) is 0 Å². The van der Waals surface area contributed by atoms with E-state index in [0.29, 0.717) is 0 Å². The average Bonchev–Trinajstić information content (AvgIpc) is 2.74. The van der Waals surface area contributed by atoms with E-state index in [1.54, 1.807) is 14.2 Å². The van der Waals surface area contributed by atoms with Crippen LogP contribution in [-0.4, -0.2) is 57.0 Å². The van der Waals surface area contributed by atoms with Crippen molar-refractivity contribution in [1.29, 1.82) is 0 Å². The molecule has 0 bridgehead atoms. The summed E-state index contributed by atoms with van der Waals surface area (Å²) in [5.41, 5.74) is 2.21. The second-order valence-electron chi connectivity index (χ2n) is 6.62. The number of hydrogen-bond donors (Lipinski definition) is 1. The van der Waals surface area contributed by atoms with Gasteiger partial charge < -0.3 is 24.6 Å². The smallest absolute Gasteiger partial charge is 0.169 e. The van der Waals surface area contributed by atoms with E-state index >= 15 is 0 Å². The molecule has 150 valence electrons. The van der Waals surface area contributed by atoms with Gasteiger partial charge in [-0.1, -0.05) is 6.07 Å². The third-order valence-electron chi connectivity index (χ3n) is 4.90. The number of benzene rings is 2. The van der Waals surface area contributed by atoms with Crippen molar-refractivity contribution in [2.24, 2.45) is 0 Å². The molecule has 0 saturated carbocycles. The fraction of sp³-hybridized carbons (Fsp3) is 0.381. The number of methoxy groups -OCH3 is 2. The number of anilines is 1. The van der Waals surface area contributed by atoms with Gasteiger partial charge in [0.2, 0.25) is 0 Å². The molecule has 0 spiro atoms. The molecule has 1 N–H and O–H groups in total. The molecule has 0 aromatic heterocycles. The van der Waals surface area contributed by atoms with Crippen LogP contribution in [0.3, 0.4) is 0 Å². The average molecular weight is 404 g/mol. The van der Waals surface area contributed by atoms with Gasteiger partial charge in [0.1, 0.15) is 5.82 Å². The molecular formula is C21H26FN3O2S. The van der Waals surface area contributed by atoms with Gasteiger partial charge in [-0.15, -0.1) is 0 Å². The summed E-state index contributed by atoms with van der Waals surface area (Å²) in [6.07, 6.45) is 0.843. The van der Waals surface area contributed by atoms with Gasteiger partial charge in [-0.25, -0.2) is 4.39 Å². The van der Waals surface area contributed by atoms with Crippen molar-refractivity contribution in [2.45, 2.75) is 6.42 Å². The molecule has 1 aliphatic rings. The van der Waals surface area contributed by atoms with Crippen LogP contribution in [0.15, 0.2) is 42.5 Å². The Balaban J connectivity index is 1.44. The normalized spacial score (nSPS) is 14.0. The van der Waals surface area contributed by atoms with Gasteiger partial charge in [-0.05, 0) is 60.6 Å². The Bertz CT molecular complexity index is 793. The maximum atomic E-state index is 13.1. The second kappa shape index (κ2) is 9.59. The third kappa shape index (κ3) is 5.04. The molecular weight excluding hydrogens is 377 g/mol. The molecule has 1 heterocycles. The number of rotatable bonds is 6. The zero-order valence-corrected chi connectivity index (χ0v) is 17.1. The van der Waals surface area contributed by atoms with Gasteiger partial charge in [0.25, 0.3) is 0 Å². The van der Waals surface area contributed by atoms with E-state index in [2.05, 4.69) is 15.1 Å². The van der Waals surface area contributed by atoms with Crippen LogP contribution < -0.4 is 19.7 Å². The largest absolute Gasteiger partial charge is 0.493 e. The van der Waals surface area contributed by atoms with E-state index in [9.17, 15) is 4.39 Å². The predicted octanol–water partition coefficient (Wildman–Crippen LogP) is 3.08. The minimum absolute atomic E-state index is 0.206. The maximum absolute atomic E-state index is 13.1. The Kier molecular flexibility index (Phi) is 6.92. The second-order valence-corrected chi connectivity index (χ2v) is 7.01. The number of ether oxygens (including phenoxy) is 2. The molecule has 5 nitrogen and oxygen atoms in total. The number of hydrogen-bond acceptors (Lipinski definition) is 4. The highest BCUT2D eigenvalue weighted by Crippen LogP contribution is 2.27. The van der Waals surface area contributed by atoms with Crippen molar-refractivity contribution in [3.05, 3.63) is 53.8 Å². The van der Waals surface area contributed by atoms with Gasteiger partial charge in [0, 0.05) is 38.4 Å². The monoisotopic (exact) mass is 403 g/mol. The summed E-state index contributed by atoms with van der Waals surface area (Å²) in [6, 6.07) is 12.6. The summed E-state index contributed by atoms with van der Waals surface area (Å²) < 4.78 is 23.7. The van der Waals surface area contributed by atoms with Gasteiger partial charge in [-0.3, -0.25) is 0 Å². The van der Waals surface area contributed by atoms with E-state index in [4.69, 9.17) is 21.7 Å². The quantitative estimate of drug-likeness (QED) is 0.747. The predicted molar refractivity (Wildman–Crippen MR) is 114 cm³/mol. The van der Waals surface area contributed by atoms with Crippen LogP contribution in [-0.2, 0) is 6.42 Å². The van der Waals surface area contributed by atoms with E-state index in [0.717, 1.165) is 67.0 Å². The first-order valence-corrected chi connectivity index (χ1v) is 9.75. The molecule has 0 unspecified atom stereocenters. The molecule has 28 heavy (non-hydrogen) atoms. The summed E-state index contributed by atoms with van der Waals surface area (Å²) >= 11 is 5.55. The lowest BCUT2D eigenvalue weighted by molar-refractivity contribution is 0.354. The number of halogens is 1. The molecule has 2 aromatic rings. The molecule has 0 atom stereocenters. The van der Waals surface area contributed by atoms with E-state index in [-0.39, 0.29) is 5.82 Å². The zero-order chi connectivity index (χ0) is 19.9. The van der Waals surface area contributed by atoms with Gasteiger partial charge in [-0.2, -0.15) is 0 Å². The van der Waals surface area contributed by atoms with Crippen LogP contribution >= 0.6 is 12.2 Å². The first-order valence-electron chi connectivity index (χ1n) is 9.35. The summed E-state index contributed by atoms with van der Waals surface area (Å²) in [5, 5.41) is 4.12. The number of nitrogens with one attached hydrogen (secondary N) is 1. The molecule has 7 heteroatoms. The van der Waals surface area contributed by atoms with Crippen LogP contribution in [0.1, 0.15) is 5.56 Å². The molecule has 2 aromatic carbocycles. The lowest BCUT2D eigenvalue weighted by Crippen LogP contribution is -2.52. The maximum Gasteiger partial charge on any atom is 0.169 e. The SMILES string of the molecule is COc1ccc(CCNC(=S)N2CCN(c3ccc(F)cc3)CC2)cc1OC. The molecule has 1 saturated heterocycles. The van der Waals surface area contributed by atoms with Crippen molar-refractivity contribution in [2.75, 3.05) is 51.8 Å². The Labute approximate surface area is 171 Å². The summed E-state index contributed by atoms with van der Waals surface area (Å²) in [6.45, 7) is 4.18. The first kappa shape index (κ1) is 20.2. The molecule has 0 radical (unpaired) electrons. The third-order valence-corrected chi connectivity index (χ3v) is 5.30. The van der Waals surface area contributed by atoms with Gasteiger partial charge >= 0.3 is 0 Å². The molecule has 1 aliphatic heterocycles. The zero-order valence-electron chi connectivity index (χ0n) is 16.3. The first-order chi connectivity index (χ1) is 13.6. The minimum atomic E-state index is -0.206. The lowest BCUT2D eigenvalue weighted by Gasteiger charge is -2.37. The summed E-state index contributed by atoms with van der Waals surface area (Å²) in [7, 11) is 3.27. The number of thiocarbonyl (C=S) groups is 1. The van der Waals surface area contributed by atoms with Crippen molar-refractivity contribution >= 4 is 23.0 Å². The van der Waals surface area contributed by atoms with Crippen LogP contribution in [0, 0.1) is 5.82 Å². The summed E-state index contributed by atoms with van der Waals surface area (Å²) in [4.78, 5) is 4.44. The molecule has 1 fully saturated rings. The van der Waals surface area contributed by atoms with Crippen molar-refractivity contribution < 1.29 is 13.9 Å². The minimum Gasteiger partial charge on any atom is -0.493 e. The fourth-order valence-electron chi connectivity index (χ4n) is 3.28. The van der Waals surface area contributed by atoms with E-state index in [1.165, 1.54) is 12.1 Å². The lowest BCUT2D eigenvalue weighted by atomic mass is 10.1. The molecule has 3 rings (SSSR count). The highest BCUT2D eigenvalue weighted by Gasteiger charge is 2.19. The Morgan fingerprint density at radius 3 is 2.32 bits per heavy atom. The van der Waals surface area contributed by atoms with Gasteiger partial charge in [0.15, 0.2) is 16.6 Å². The highest BCUT2D eigenvalue weighted by molar-refractivity contribution is 7.80. The van der Waals surface area contributed by atoms with Crippen molar-refractivity contribution in [1.82, 2.24) is 10.2 Å². The fourth-order valence-corrected chi connectivity index (χ4v) is 3.57. The van der Waals surface area contributed by atoms with E-state index < -0.39 is 0 Å². The topological polar surface area (TPSA) is 37.0 Å². The van der Waals surface area contributed by atoms with Crippen molar-refractivity contribution in [3.8, 4) is 11.5 Å². The van der Waals surface area contributed by atoms with Crippen LogP contribution in [0.4, 0.5) is 10.1 Å². The van der Waals surface area contributed by atoms with Crippen LogP contribution in [0.25, 0.3) is 0 Å².